The molecule has 78 valence electrons. The summed E-state index contributed by atoms with van der Waals surface area (Å²) in [5.74, 6) is 1.60. The van der Waals surface area contributed by atoms with Crippen molar-refractivity contribution >= 4 is 17.2 Å². The van der Waals surface area contributed by atoms with Gasteiger partial charge in [0, 0.05) is 24.9 Å². The van der Waals surface area contributed by atoms with Gasteiger partial charge in [0.2, 0.25) is 0 Å². The van der Waals surface area contributed by atoms with E-state index in [-0.39, 0.29) is 0 Å². The molecule has 1 heterocycles. The van der Waals surface area contributed by atoms with E-state index in [1.54, 1.807) is 0 Å². The molecule has 0 aliphatic heterocycles. The van der Waals surface area contributed by atoms with Crippen LogP contribution < -0.4 is 5.73 Å². The van der Waals surface area contributed by atoms with E-state index in [1.165, 1.54) is 0 Å². The van der Waals surface area contributed by atoms with Crippen molar-refractivity contribution in [3.63, 3.8) is 0 Å². The number of aromatic nitrogens is 2. The number of nitrogens with two attached hydrogens (primary N) is 1. The van der Waals surface area contributed by atoms with Crippen LogP contribution in [0.15, 0.2) is 12.4 Å². The molecular formula is C10H17N3S. The van der Waals surface area contributed by atoms with Gasteiger partial charge in [-0.25, -0.2) is 4.98 Å². The van der Waals surface area contributed by atoms with Crippen molar-refractivity contribution < 1.29 is 0 Å². The molecule has 0 aromatic carbocycles. The number of nitrogens with zero attached hydrogens (tertiary/aromatic N) is 2. The highest BCUT2D eigenvalue weighted by Gasteiger charge is 2.06. The van der Waals surface area contributed by atoms with Crippen LogP contribution in [0.4, 0.5) is 0 Å². The summed E-state index contributed by atoms with van der Waals surface area (Å²) in [6.07, 6.45) is 5.65. The molecule has 0 saturated carbocycles. The summed E-state index contributed by atoms with van der Waals surface area (Å²) in [6.45, 7) is 5.24. The number of aryl methyl sites for hydroxylation is 1. The lowest BCUT2D eigenvalue weighted by Crippen LogP contribution is -2.10. The summed E-state index contributed by atoms with van der Waals surface area (Å²) in [7, 11) is 0. The van der Waals surface area contributed by atoms with Gasteiger partial charge in [-0.05, 0) is 12.8 Å². The largest absolute Gasteiger partial charge is 0.393 e. The molecule has 0 amide bonds. The monoisotopic (exact) mass is 211 g/mol. The average molecular weight is 211 g/mol. The first-order chi connectivity index (χ1) is 6.61. The highest BCUT2D eigenvalue weighted by molar-refractivity contribution is 7.80. The van der Waals surface area contributed by atoms with E-state index in [2.05, 4.69) is 23.4 Å². The standard InChI is InChI=1S/C10H17N3S/c1-8(2)10-12-5-7-13(10)6-3-4-9(11)14/h5,7-8H,3-4,6H2,1-2H3,(H2,11,14). The van der Waals surface area contributed by atoms with E-state index in [0.29, 0.717) is 10.9 Å². The van der Waals surface area contributed by atoms with Crippen LogP contribution in [-0.2, 0) is 6.54 Å². The van der Waals surface area contributed by atoms with Crippen molar-refractivity contribution in [2.24, 2.45) is 5.73 Å². The van der Waals surface area contributed by atoms with Gasteiger partial charge in [-0.15, -0.1) is 0 Å². The molecule has 2 N–H and O–H groups in total. The van der Waals surface area contributed by atoms with Crippen LogP contribution in [0.1, 0.15) is 38.4 Å². The maximum Gasteiger partial charge on any atom is 0.111 e. The Morgan fingerprint density at radius 3 is 2.93 bits per heavy atom. The third-order valence-electron chi connectivity index (χ3n) is 2.09. The normalized spacial score (nSPS) is 10.8. The molecule has 1 rings (SSSR count). The summed E-state index contributed by atoms with van der Waals surface area (Å²) in [4.78, 5) is 4.91. The highest BCUT2D eigenvalue weighted by Crippen LogP contribution is 2.12. The van der Waals surface area contributed by atoms with Gasteiger partial charge in [-0.2, -0.15) is 0 Å². The van der Waals surface area contributed by atoms with Gasteiger partial charge < -0.3 is 10.3 Å². The van der Waals surface area contributed by atoms with Crippen LogP contribution in [0.3, 0.4) is 0 Å². The molecule has 3 nitrogen and oxygen atoms in total. The third kappa shape index (κ3) is 3.10. The Hall–Kier alpha value is -0.900. The highest BCUT2D eigenvalue weighted by atomic mass is 32.1. The average Bonchev–Trinajstić information content (AvgIpc) is 2.51. The molecule has 0 aliphatic carbocycles. The molecule has 0 radical (unpaired) electrons. The molecular weight excluding hydrogens is 194 g/mol. The molecule has 1 aromatic rings. The van der Waals surface area contributed by atoms with Crippen LogP contribution in [0.25, 0.3) is 0 Å². The topological polar surface area (TPSA) is 43.8 Å². The van der Waals surface area contributed by atoms with Crippen molar-refractivity contribution in [2.75, 3.05) is 0 Å². The molecule has 4 heteroatoms. The molecule has 0 bridgehead atoms. The number of rotatable bonds is 5. The van der Waals surface area contributed by atoms with Crippen LogP contribution in [0.2, 0.25) is 0 Å². The van der Waals surface area contributed by atoms with E-state index < -0.39 is 0 Å². The minimum Gasteiger partial charge on any atom is -0.393 e. The van der Waals surface area contributed by atoms with Crippen molar-refractivity contribution in [3.8, 4) is 0 Å². The number of imidazole rings is 1. The lowest BCUT2D eigenvalue weighted by atomic mass is 10.2. The van der Waals surface area contributed by atoms with Gasteiger partial charge >= 0.3 is 0 Å². The third-order valence-corrected chi connectivity index (χ3v) is 2.29. The van der Waals surface area contributed by atoms with Crippen LogP contribution >= 0.6 is 12.2 Å². The Labute approximate surface area is 90.3 Å². The fraction of sp³-hybridized carbons (Fsp3) is 0.600. The van der Waals surface area contributed by atoms with Gasteiger partial charge in [0.15, 0.2) is 0 Å². The summed E-state index contributed by atoms with van der Waals surface area (Å²) in [6, 6.07) is 0. The zero-order valence-corrected chi connectivity index (χ0v) is 9.55. The number of hydrogen-bond donors (Lipinski definition) is 1. The predicted octanol–water partition coefficient (Wildman–Crippen LogP) is 2.07. The van der Waals surface area contributed by atoms with Gasteiger partial charge in [-0.1, -0.05) is 26.1 Å². The van der Waals surface area contributed by atoms with Crippen LogP contribution in [-0.4, -0.2) is 14.5 Å². The second-order valence-electron chi connectivity index (χ2n) is 3.70. The van der Waals surface area contributed by atoms with E-state index >= 15 is 0 Å². The van der Waals surface area contributed by atoms with Gasteiger partial charge in [0.1, 0.15) is 5.82 Å². The Bertz CT molecular complexity index is 304. The molecule has 0 saturated heterocycles. The molecule has 1 aromatic heterocycles. The van der Waals surface area contributed by atoms with Crippen LogP contribution in [0, 0.1) is 0 Å². The Kier molecular flexibility index (Phi) is 4.07. The maximum absolute atomic E-state index is 5.44. The molecule has 0 fully saturated rings. The number of hydrogen-bond acceptors (Lipinski definition) is 2. The van der Waals surface area contributed by atoms with Crippen molar-refractivity contribution in [1.29, 1.82) is 0 Å². The van der Waals surface area contributed by atoms with Crippen molar-refractivity contribution in [3.05, 3.63) is 18.2 Å². The molecule has 0 aliphatic rings. The van der Waals surface area contributed by atoms with Crippen molar-refractivity contribution in [1.82, 2.24) is 9.55 Å². The Morgan fingerprint density at radius 2 is 2.36 bits per heavy atom. The van der Waals surface area contributed by atoms with E-state index in [0.717, 1.165) is 25.2 Å². The summed E-state index contributed by atoms with van der Waals surface area (Å²) in [5, 5.41) is 0. The second-order valence-corrected chi connectivity index (χ2v) is 4.23. The maximum atomic E-state index is 5.44. The zero-order chi connectivity index (χ0) is 10.6. The summed E-state index contributed by atoms with van der Waals surface area (Å²) < 4.78 is 2.17. The quantitative estimate of drug-likeness (QED) is 0.758. The zero-order valence-electron chi connectivity index (χ0n) is 8.73. The van der Waals surface area contributed by atoms with E-state index in [4.69, 9.17) is 18.0 Å². The second kappa shape index (κ2) is 5.10. The number of thiocarbonyl (C=S) groups is 1. The van der Waals surface area contributed by atoms with E-state index in [1.807, 2.05) is 12.4 Å². The van der Waals surface area contributed by atoms with Gasteiger partial charge in [0.25, 0.3) is 0 Å². The first-order valence-electron chi connectivity index (χ1n) is 4.90. The van der Waals surface area contributed by atoms with Gasteiger partial charge in [-0.3, -0.25) is 0 Å². The lowest BCUT2D eigenvalue weighted by Gasteiger charge is -2.09. The first kappa shape index (κ1) is 11.2. The predicted molar refractivity (Wildman–Crippen MR) is 62.3 cm³/mol. The Balaban J connectivity index is 2.50. The van der Waals surface area contributed by atoms with Crippen molar-refractivity contribution in [2.45, 2.75) is 39.2 Å². The molecule has 14 heavy (non-hydrogen) atoms. The summed E-state index contributed by atoms with van der Waals surface area (Å²) in [5.41, 5.74) is 5.44. The van der Waals surface area contributed by atoms with E-state index in [9.17, 15) is 0 Å². The lowest BCUT2D eigenvalue weighted by molar-refractivity contribution is 0.599. The van der Waals surface area contributed by atoms with Crippen LogP contribution in [0.5, 0.6) is 0 Å². The first-order valence-corrected chi connectivity index (χ1v) is 5.31. The molecule has 0 atom stereocenters. The minimum atomic E-state index is 0.467. The van der Waals surface area contributed by atoms with Gasteiger partial charge in [0.05, 0.1) is 4.99 Å². The Morgan fingerprint density at radius 1 is 1.64 bits per heavy atom. The molecule has 0 spiro atoms. The fourth-order valence-electron chi connectivity index (χ4n) is 1.43. The SMILES string of the molecule is CC(C)c1nccn1CCCC(N)=S. The minimum absolute atomic E-state index is 0.467. The molecule has 0 unspecified atom stereocenters. The fourth-order valence-corrected chi connectivity index (χ4v) is 1.58. The smallest absolute Gasteiger partial charge is 0.111 e. The summed E-state index contributed by atoms with van der Waals surface area (Å²) >= 11 is 4.83.